The minimum atomic E-state index is 0.276. The molecule has 1 aliphatic rings. The van der Waals surface area contributed by atoms with E-state index < -0.39 is 0 Å². The average Bonchev–Trinajstić information content (AvgIpc) is 3.35. The molecular formula is C17H28N2O2. The van der Waals surface area contributed by atoms with E-state index >= 15 is 0 Å². The normalized spacial score (nSPS) is 16.0. The number of nitrogens with zero attached hydrogens (tertiary/aromatic N) is 1. The maximum Gasteiger partial charge on any atom is 0.127 e. The molecule has 2 rings (SSSR count). The molecule has 21 heavy (non-hydrogen) atoms. The molecule has 1 N–H and O–H groups in total. The lowest BCUT2D eigenvalue weighted by Gasteiger charge is -2.28. The zero-order chi connectivity index (χ0) is 15.2. The van der Waals surface area contributed by atoms with E-state index in [4.69, 9.17) is 9.47 Å². The van der Waals surface area contributed by atoms with Crippen molar-refractivity contribution in [2.75, 3.05) is 34.4 Å². The molecule has 0 aromatic heterocycles. The minimum Gasteiger partial charge on any atom is -0.497 e. The van der Waals surface area contributed by atoms with Crippen LogP contribution in [0.1, 0.15) is 37.8 Å². The molecule has 1 aromatic carbocycles. The highest BCUT2D eigenvalue weighted by Crippen LogP contribution is 2.33. The van der Waals surface area contributed by atoms with Gasteiger partial charge in [-0.1, -0.05) is 13.0 Å². The Hall–Kier alpha value is -1.26. The first-order valence-electron chi connectivity index (χ1n) is 7.86. The largest absolute Gasteiger partial charge is 0.497 e. The summed E-state index contributed by atoms with van der Waals surface area (Å²) in [6, 6.07) is 7.13. The van der Waals surface area contributed by atoms with E-state index in [1.807, 2.05) is 19.2 Å². The van der Waals surface area contributed by atoms with Gasteiger partial charge in [-0.3, -0.25) is 4.90 Å². The van der Waals surface area contributed by atoms with Crippen LogP contribution in [0.2, 0.25) is 0 Å². The lowest BCUT2D eigenvalue weighted by Crippen LogP contribution is -2.36. The first-order valence-corrected chi connectivity index (χ1v) is 7.86. The quantitative estimate of drug-likeness (QED) is 0.759. The molecular weight excluding hydrogens is 264 g/mol. The predicted octanol–water partition coefficient (Wildman–Crippen LogP) is 2.84. The second kappa shape index (κ2) is 7.66. The third-order valence-electron chi connectivity index (χ3n) is 4.16. The molecule has 0 spiro atoms. The SMILES string of the molecule is CCCN(CC(NC)c1ccc(OC)cc1OC)C1CC1. The number of hydrogen-bond donors (Lipinski definition) is 1. The van der Waals surface area contributed by atoms with Gasteiger partial charge in [0.25, 0.3) is 0 Å². The molecule has 0 saturated heterocycles. The van der Waals surface area contributed by atoms with Gasteiger partial charge in [-0.2, -0.15) is 0 Å². The van der Waals surface area contributed by atoms with Crippen LogP contribution in [0, 0.1) is 0 Å². The van der Waals surface area contributed by atoms with Crippen molar-refractivity contribution in [2.24, 2.45) is 0 Å². The predicted molar refractivity (Wildman–Crippen MR) is 86.2 cm³/mol. The van der Waals surface area contributed by atoms with Crippen LogP contribution in [-0.2, 0) is 0 Å². The molecule has 0 bridgehead atoms. The Morgan fingerprint density at radius 1 is 1.29 bits per heavy atom. The maximum atomic E-state index is 5.55. The summed E-state index contributed by atoms with van der Waals surface area (Å²) in [5.74, 6) is 1.72. The molecule has 0 aliphatic heterocycles. The summed E-state index contributed by atoms with van der Waals surface area (Å²) in [5, 5.41) is 3.44. The number of nitrogens with one attached hydrogen (secondary N) is 1. The zero-order valence-electron chi connectivity index (χ0n) is 13.7. The first kappa shape index (κ1) is 16.1. The highest BCUT2D eigenvalue weighted by molar-refractivity contribution is 5.42. The smallest absolute Gasteiger partial charge is 0.127 e. The molecule has 0 amide bonds. The van der Waals surface area contributed by atoms with Crippen molar-refractivity contribution in [1.82, 2.24) is 10.2 Å². The van der Waals surface area contributed by atoms with Gasteiger partial charge in [0.05, 0.1) is 14.2 Å². The zero-order valence-corrected chi connectivity index (χ0v) is 13.7. The Morgan fingerprint density at radius 3 is 2.57 bits per heavy atom. The van der Waals surface area contributed by atoms with Gasteiger partial charge < -0.3 is 14.8 Å². The van der Waals surface area contributed by atoms with Crippen molar-refractivity contribution in [2.45, 2.75) is 38.3 Å². The molecule has 1 saturated carbocycles. The molecule has 1 aromatic rings. The number of ether oxygens (including phenoxy) is 2. The molecule has 1 atom stereocenters. The third kappa shape index (κ3) is 4.11. The van der Waals surface area contributed by atoms with Crippen molar-refractivity contribution in [3.05, 3.63) is 23.8 Å². The number of hydrogen-bond acceptors (Lipinski definition) is 4. The summed E-state index contributed by atoms with van der Waals surface area (Å²) in [6.45, 7) is 4.44. The fraction of sp³-hybridized carbons (Fsp3) is 0.647. The van der Waals surface area contributed by atoms with E-state index in [1.54, 1.807) is 14.2 Å². The Kier molecular flexibility index (Phi) is 5.88. The number of benzene rings is 1. The Bertz CT molecular complexity index is 446. The number of likely N-dealkylation sites (N-methyl/N-ethyl adjacent to an activating group) is 1. The van der Waals surface area contributed by atoms with E-state index in [-0.39, 0.29) is 6.04 Å². The van der Waals surface area contributed by atoms with Crippen molar-refractivity contribution >= 4 is 0 Å². The minimum absolute atomic E-state index is 0.276. The van der Waals surface area contributed by atoms with Crippen LogP contribution < -0.4 is 14.8 Å². The van der Waals surface area contributed by atoms with Gasteiger partial charge in [0, 0.05) is 30.3 Å². The van der Waals surface area contributed by atoms with Crippen molar-refractivity contribution < 1.29 is 9.47 Å². The Morgan fingerprint density at radius 2 is 2.05 bits per heavy atom. The van der Waals surface area contributed by atoms with Gasteiger partial charge in [0.2, 0.25) is 0 Å². The van der Waals surface area contributed by atoms with Crippen molar-refractivity contribution in [3.63, 3.8) is 0 Å². The monoisotopic (exact) mass is 292 g/mol. The summed E-state index contributed by atoms with van der Waals surface area (Å²) in [5.41, 5.74) is 1.20. The summed E-state index contributed by atoms with van der Waals surface area (Å²) >= 11 is 0. The first-order chi connectivity index (χ1) is 10.2. The summed E-state index contributed by atoms with van der Waals surface area (Å²) in [7, 11) is 5.42. The fourth-order valence-corrected chi connectivity index (χ4v) is 2.84. The van der Waals surface area contributed by atoms with E-state index in [2.05, 4.69) is 23.2 Å². The van der Waals surface area contributed by atoms with Crippen LogP contribution in [0.25, 0.3) is 0 Å². The molecule has 1 unspecified atom stereocenters. The van der Waals surface area contributed by atoms with Gasteiger partial charge >= 0.3 is 0 Å². The standard InChI is InChI=1S/C17H28N2O2/c1-5-10-19(13-6-7-13)12-16(18-2)15-9-8-14(20-3)11-17(15)21-4/h8-9,11,13,16,18H,5-7,10,12H2,1-4H3. The molecule has 4 nitrogen and oxygen atoms in total. The Labute approximate surface area is 128 Å². The van der Waals surface area contributed by atoms with E-state index in [1.165, 1.54) is 31.4 Å². The van der Waals surface area contributed by atoms with Gasteiger partial charge in [0.15, 0.2) is 0 Å². The molecule has 118 valence electrons. The highest BCUT2D eigenvalue weighted by Gasteiger charge is 2.30. The summed E-state index contributed by atoms with van der Waals surface area (Å²) < 4.78 is 10.8. The molecule has 0 heterocycles. The van der Waals surface area contributed by atoms with Crippen molar-refractivity contribution in [3.8, 4) is 11.5 Å². The summed E-state index contributed by atoms with van der Waals surface area (Å²) in [4.78, 5) is 2.60. The van der Waals surface area contributed by atoms with Crippen molar-refractivity contribution in [1.29, 1.82) is 0 Å². The van der Waals surface area contributed by atoms with E-state index in [0.717, 1.165) is 24.1 Å². The Balaban J connectivity index is 2.15. The molecule has 4 heteroatoms. The van der Waals surface area contributed by atoms with Crippen LogP contribution in [0.4, 0.5) is 0 Å². The molecule has 1 aliphatic carbocycles. The van der Waals surface area contributed by atoms with Crippen LogP contribution in [0.3, 0.4) is 0 Å². The van der Waals surface area contributed by atoms with E-state index in [9.17, 15) is 0 Å². The van der Waals surface area contributed by atoms with Gasteiger partial charge in [-0.25, -0.2) is 0 Å². The number of rotatable bonds is 9. The maximum absolute atomic E-state index is 5.55. The number of methoxy groups -OCH3 is 2. The van der Waals surface area contributed by atoms with Gasteiger partial charge in [-0.05, 0) is 38.9 Å². The fourth-order valence-electron chi connectivity index (χ4n) is 2.84. The summed E-state index contributed by atoms with van der Waals surface area (Å²) in [6.07, 6.45) is 3.89. The second-order valence-electron chi connectivity index (χ2n) is 5.68. The van der Waals surface area contributed by atoms with Gasteiger partial charge in [0.1, 0.15) is 11.5 Å². The lowest BCUT2D eigenvalue weighted by molar-refractivity contribution is 0.235. The van der Waals surface area contributed by atoms with E-state index in [0.29, 0.717) is 0 Å². The topological polar surface area (TPSA) is 33.7 Å². The van der Waals surface area contributed by atoms with Crippen LogP contribution >= 0.6 is 0 Å². The lowest BCUT2D eigenvalue weighted by atomic mass is 10.0. The third-order valence-corrected chi connectivity index (χ3v) is 4.16. The molecule has 1 fully saturated rings. The van der Waals surface area contributed by atoms with Gasteiger partial charge in [-0.15, -0.1) is 0 Å². The molecule has 0 radical (unpaired) electrons. The average molecular weight is 292 g/mol. The van der Waals surface area contributed by atoms with Crippen LogP contribution in [0.15, 0.2) is 18.2 Å². The van der Waals surface area contributed by atoms with Crippen LogP contribution in [0.5, 0.6) is 11.5 Å². The highest BCUT2D eigenvalue weighted by atomic mass is 16.5. The van der Waals surface area contributed by atoms with Crippen LogP contribution in [-0.4, -0.2) is 45.3 Å². The second-order valence-corrected chi connectivity index (χ2v) is 5.68.